The quantitative estimate of drug-likeness (QED) is 0.740. The maximum absolute atomic E-state index is 12.4. The standard InChI is InChI=1S/C13H14N4O2S/c1-7(2)11-15-9(16-19-11)4-17-6-14-12-10(13(17)18)8(3)5-20-12/h5-7H,4H2,1-3H3. The van der Waals surface area contributed by atoms with Gasteiger partial charge in [-0.1, -0.05) is 19.0 Å². The van der Waals surface area contributed by atoms with Crippen molar-refractivity contribution in [1.82, 2.24) is 19.7 Å². The Kier molecular flexibility index (Phi) is 3.13. The molecular weight excluding hydrogens is 276 g/mol. The van der Waals surface area contributed by atoms with Crippen LogP contribution in [-0.4, -0.2) is 19.7 Å². The molecule has 3 aromatic heterocycles. The van der Waals surface area contributed by atoms with E-state index in [1.807, 2.05) is 26.2 Å². The zero-order chi connectivity index (χ0) is 14.3. The molecule has 3 rings (SSSR count). The minimum atomic E-state index is -0.0651. The van der Waals surface area contributed by atoms with Crippen molar-refractivity contribution in [3.05, 3.63) is 39.3 Å². The summed E-state index contributed by atoms with van der Waals surface area (Å²) in [5, 5.41) is 6.50. The average Bonchev–Trinajstić information content (AvgIpc) is 3.00. The highest BCUT2D eigenvalue weighted by atomic mass is 32.1. The highest BCUT2D eigenvalue weighted by molar-refractivity contribution is 7.16. The van der Waals surface area contributed by atoms with Crippen LogP contribution in [0.1, 0.15) is 37.0 Å². The smallest absolute Gasteiger partial charge is 0.262 e. The lowest BCUT2D eigenvalue weighted by Crippen LogP contribution is -2.21. The number of fused-ring (bicyclic) bond motifs is 1. The first-order valence-electron chi connectivity index (χ1n) is 6.32. The van der Waals surface area contributed by atoms with Crippen molar-refractivity contribution >= 4 is 21.6 Å². The Balaban J connectivity index is 2.00. The highest BCUT2D eigenvalue weighted by Crippen LogP contribution is 2.19. The van der Waals surface area contributed by atoms with E-state index in [4.69, 9.17) is 4.52 Å². The molecule has 6 nitrogen and oxygen atoms in total. The van der Waals surface area contributed by atoms with Crippen LogP contribution < -0.4 is 5.56 Å². The van der Waals surface area contributed by atoms with Crippen LogP contribution in [-0.2, 0) is 6.54 Å². The summed E-state index contributed by atoms with van der Waals surface area (Å²) in [5.74, 6) is 1.24. The van der Waals surface area contributed by atoms with E-state index < -0.39 is 0 Å². The van der Waals surface area contributed by atoms with Gasteiger partial charge >= 0.3 is 0 Å². The highest BCUT2D eigenvalue weighted by Gasteiger charge is 2.13. The minimum absolute atomic E-state index is 0.0651. The maximum atomic E-state index is 12.4. The van der Waals surface area contributed by atoms with E-state index in [-0.39, 0.29) is 18.0 Å². The van der Waals surface area contributed by atoms with Crippen LogP contribution in [0.2, 0.25) is 0 Å². The molecule has 7 heteroatoms. The first-order chi connectivity index (χ1) is 9.56. The SMILES string of the molecule is Cc1csc2ncn(Cc3noc(C(C)C)n3)c(=O)c12. The van der Waals surface area contributed by atoms with E-state index in [1.54, 1.807) is 0 Å². The lowest BCUT2D eigenvalue weighted by Gasteiger charge is -2.01. The second kappa shape index (κ2) is 4.82. The van der Waals surface area contributed by atoms with E-state index in [1.165, 1.54) is 22.2 Å². The number of aryl methyl sites for hydroxylation is 1. The van der Waals surface area contributed by atoms with Gasteiger partial charge < -0.3 is 4.52 Å². The Morgan fingerprint density at radius 1 is 1.45 bits per heavy atom. The minimum Gasteiger partial charge on any atom is -0.339 e. The van der Waals surface area contributed by atoms with Crippen molar-refractivity contribution in [2.45, 2.75) is 33.2 Å². The van der Waals surface area contributed by atoms with Crippen molar-refractivity contribution in [2.24, 2.45) is 0 Å². The van der Waals surface area contributed by atoms with E-state index in [2.05, 4.69) is 15.1 Å². The molecule has 0 amide bonds. The number of hydrogen-bond acceptors (Lipinski definition) is 6. The summed E-state index contributed by atoms with van der Waals surface area (Å²) in [6.45, 7) is 6.14. The molecule has 0 spiro atoms. The van der Waals surface area contributed by atoms with Crippen molar-refractivity contribution in [1.29, 1.82) is 0 Å². The largest absolute Gasteiger partial charge is 0.339 e. The number of hydrogen-bond donors (Lipinski definition) is 0. The Labute approximate surface area is 119 Å². The first kappa shape index (κ1) is 13.0. The van der Waals surface area contributed by atoms with Gasteiger partial charge in [-0.3, -0.25) is 9.36 Å². The molecule has 0 saturated carbocycles. The molecule has 0 saturated heterocycles. The van der Waals surface area contributed by atoms with Crippen LogP contribution in [0, 0.1) is 6.92 Å². The lowest BCUT2D eigenvalue weighted by atomic mass is 10.2. The van der Waals surface area contributed by atoms with Crippen molar-refractivity contribution < 1.29 is 4.52 Å². The van der Waals surface area contributed by atoms with E-state index in [0.717, 1.165) is 10.4 Å². The Bertz CT molecular complexity index is 815. The Morgan fingerprint density at radius 3 is 2.95 bits per heavy atom. The fraction of sp³-hybridized carbons (Fsp3) is 0.385. The molecule has 0 bridgehead atoms. The number of thiophene rings is 1. The Hall–Kier alpha value is -2.02. The summed E-state index contributed by atoms with van der Waals surface area (Å²) in [7, 11) is 0. The first-order valence-corrected chi connectivity index (χ1v) is 7.20. The molecule has 3 aromatic rings. The van der Waals surface area contributed by atoms with E-state index >= 15 is 0 Å². The molecule has 0 N–H and O–H groups in total. The second-order valence-corrected chi connectivity index (χ2v) is 5.84. The van der Waals surface area contributed by atoms with Gasteiger partial charge in [-0.05, 0) is 17.9 Å². The van der Waals surface area contributed by atoms with E-state index in [9.17, 15) is 4.79 Å². The Morgan fingerprint density at radius 2 is 2.25 bits per heavy atom. The molecular formula is C13H14N4O2S. The second-order valence-electron chi connectivity index (χ2n) is 4.98. The van der Waals surface area contributed by atoms with Gasteiger partial charge in [0.05, 0.1) is 18.3 Å². The molecule has 104 valence electrons. The molecule has 20 heavy (non-hydrogen) atoms. The van der Waals surface area contributed by atoms with Crippen LogP contribution in [0.5, 0.6) is 0 Å². The van der Waals surface area contributed by atoms with E-state index in [0.29, 0.717) is 17.1 Å². The topological polar surface area (TPSA) is 73.8 Å². The van der Waals surface area contributed by atoms with Crippen molar-refractivity contribution in [2.75, 3.05) is 0 Å². The number of aromatic nitrogens is 4. The van der Waals surface area contributed by atoms with Gasteiger partial charge in [0.15, 0.2) is 5.82 Å². The summed E-state index contributed by atoms with van der Waals surface area (Å²) in [4.78, 5) is 21.7. The van der Waals surface area contributed by atoms with Crippen LogP contribution in [0.4, 0.5) is 0 Å². The summed E-state index contributed by atoms with van der Waals surface area (Å²) in [6, 6.07) is 0. The van der Waals surface area contributed by atoms with Gasteiger partial charge in [0.2, 0.25) is 5.89 Å². The number of rotatable bonds is 3. The lowest BCUT2D eigenvalue weighted by molar-refractivity contribution is 0.359. The third-order valence-electron chi connectivity index (χ3n) is 3.03. The fourth-order valence-electron chi connectivity index (χ4n) is 1.94. The fourth-order valence-corrected chi connectivity index (χ4v) is 2.82. The van der Waals surface area contributed by atoms with Crippen LogP contribution in [0.3, 0.4) is 0 Å². The molecule has 0 radical (unpaired) electrons. The molecule has 0 aliphatic rings. The third kappa shape index (κ3) is 2.14. The molecule has 0 aromatic carbocycles. The summed E-state index contributed by atoms with van der Waals surface area (Å²) in [6.07, 6.45) is 1.53. The normalized spacial score (nSPS) is 11.6. The summed E-state index contributed by atoms with van der Waals surface area (Å²) in [5.41, 5.74) is 0.887. The molecule has 3 heterocycles. The molecule has 0 aliphatic heterocycles. The van der Waals surface area contributed by atoms with Gasteiger partial charge in [-0.15, -0.1) is 11.3 Å². The van der Waals surface area contributed by atoms with Crippen LogP contribution in [0.25, 0.3) is 10.2 Å². The third-order valence-corrected chi connectivity index (χ3v) is 4.04. The van der Waals surface area contributed by atoms with Gasteiger partial charge in [0.25, 0.3) is 5.56 Å². The van der Waals surface area contributed by atoms with Gasteiger partial charge in [0.1, 0.15) is 4.83 Å². The molecule has 0 atom stereocenters. The monoisotopic (exact) mass is 290 g/mol. The zero-order valence-electron chi connectivity index (χ0n) is 11.5. The molecule has 0 unspecified atom stereocenters. The van der Waals surface area contributed by atoms with Crippen molar-refractivity contribution in [3.8, 4) is 0 Å². The van der Waals surface area contributed by atoms with Crippen molar-refractivity contribution in [3.63, 3.8) is 0 Å². The van der Waals surface area contributed by atoms with Gasteiger partial charge in [-0.25, -0.2) is 4.98 Å². The number of nitrogens with zero attached hydrogens (tertiary/aromatic N) is 4. The summed E-state index contributed by atoms with van der Waals surface area (Å²) < 4.78 is 6.65. The zero-order valence-corrected chi connectivity index (χ0v) is 12.3. The molecule has 0 fully saturated rings. The molecule has 0 aliphatic carbocycles. The average molecular weight is 290 g/mol. The predicted molar refractivity (Wildman–Crippen MR) is 76.1 cm³/mol. The van der Waals surface area contributed by atoms with Gasteiger partial charge in [-0.2, -0.15) is 4.98 Å². The van der Waals surface area contributed by atoms with Crippen LogP contribution >= 0.6 is 11.3 Å². The van der Waals surface area contributed by atoms with Crippen LogP contribution in [0.15, 0.2) is 21.0 Å². The van der Waals surface area contributed by atoms with Gasteiger partial charge in [0, 0.05) is 5.92 Å². The summed E-state index contributed by atoms with van der Waals surface area (Å²) >= 11 is 1.48. The predicted octanol–water partition coefficient (Wildman–Crippen LogP) is 2.32. The maximum Gasteiger partial charge on any atom is 0.262 e.